The second-order valence-electron chi connectivity index (χ2n) is 2.74. The fraction of sp³-hybridized carbons (Fsp3) is 0.500. The third kappa shape index (κ3) is 12.9. The van der Waals surface area contributed by atoms with Gasteiger partial charge in [-0.15, -0.1) is 0 Å². The molecule has 0 spiro atoms. The molecule has 0 aliphatic heterocycles. The van der Waals surface area contributed by atoms with Crippen molar-refractivity contribution in [3.63, 3.8) is 0 Å². The van der Waals surface area contributed by atoms with E-state index >= 15 is 0 Å². The molecule has 0 unspecified atom stereocenters. The van der Waals surface area contributed by atoms with Gasteiger partial charge in [0.1, 0.15) is 0 Å². The Hall–Kier alpha value is -1.06. The molecule has 15 heavy (non-hydrogen) atoms. The molecule has 0 fully saturated rings. The summed E-state index contributed by atoms with van der Waals surface area (Å²) in [5.41, 5.74) is 0. The summed E-state index contributed by atoms with van der Waals surface area (Å²) in [6.45, 7) is 3.51. The summed E-state index contributed by atoms with van der Waals surface area (Å²) in [4.78, 5) is 0. The molecule has 0 heterocycles. The standard InChI is InChI=1S/C12H20O3/c1-3-4-5-6-7-8-9-14-12-15-11-10-13-2/h4-9H,3,10-12H2,1-2H3/b5-4+,7-6+,9-8+. The second kappa shape index (κ2) is 12.9. The average molecular weight is 212 g/mol. The fourth-order valence-corrected chi connectivity index (χ4v) is 0.732. The highest BCUT2D eigenvalue weighted by Gasteiger charge is 1.83. The SMILES string of the molecule is CC/C=C/C=C/C=C/OCOCCOC. The number of hydrogen-bond acceptors (Lipinski definition) is 3. The van der Waals surface area contributed by atoms with Crippen molar-refractivity contribution in [1.82, 2.24) is 0 Å². The van der Waals surface area contributed by atoms with Crippen LogP contribution in [-0.4, -0.2) is 27.1 Å². The van der Waals surface area contributed by atoms with E-state index in [1.807, 2.05) is 24.3 Å². The van der Waals surface area contributed by atoms with Gasteiger partial charge in [0.05, 0.1) is 19.5 Å². The molecule has 0 N–H and O–H groups in total. The summed E-state index contributed by atoms with van der Waals surface area (Å²) in [5.74, 6) is 0. The summed E-state index contributed by atoms with van der Waals surface area (Å²) in [7, 11) is 1.64. The zero-order chi connectivity index (χ0) is 11.2. The van der Waals surface area contributed by atoms with Gasteiger partial charge in [-0.1, -0.05) is 31.2 Å². The summed E-state index contributed by atoms with van der Waals surface area (Å²) in [5, 5.41) is 0. The summed E-state index contributed by atoms with van der Waals surface area (Å²) in [6, 6.07) is 0. The van der Waals surface area contributed by atoms with Crippen LogP contribution in [0.15, 0.2) is 36.6 Å². The zero-order valence-electron chi connectivity index (χ0n) is 9.52. The maximum absolute atomic E-state index is 5.08. The molecule has 0 aromatic rings. The smallest absolute Gasteiger partial charge is 0.188 e. The van der Waals surface area contributed by atoms with E-state index in [2.05, 4.69) is 13.0 Å². The quantitative estimate of drug-likeness (QED) is 0.254. The number of allylic oxidation sites excluding steroid dienone is 5. The highest BCUT2D eigenvalue weighted by molar-refractivity contribution is 5.09. The first-order valence-corrected chi connectivity index (χ1v) is 5.08. The van der Waals surface area contributed by atoms with Crippen LogP contribution in [0.2, 0.25) is 0 Å². The van der Waals surface area contributed by atoms with E-state index < -0.39 is 0 Å². The first kappa shape index (κ1) is 13.9. The minimum Gasteiger partial charge on any atom is -0.475 e. The van der Waals surface area contributed by atoms with Gasteiger partial charge in [-0.2, -0.15) is 0 Å². The molecule has 86 valence electrons. The Kier molecular flexibility index (Phi) is 12.0. The van der Waals surface area contributed by atoms with Gasteiger partial charge in [-0.25, -0.2) is 0 Å². The molecule has 0 aliphatic rings. The molecule has 0 aliphatic carbocycles. The molecule has 0 amide bonds. The Morgan fingerprint density at radius 1 is 1.00 bits per heavy atom. The Bertz CT molecular complexity index is 195. The third-order valence-electron chi connectivity index (χ3n) is 1.46. The molecule has 3 nitrogen and oxygen atoms in total. The molecule has 0 aromatic heterocycles. The van der Waals surface area contributed by atoms with E-state index in [0.29, 0.717) is 13.2 Å². The van der Waals surface area contributed by atoms with Gasteiger partial charge < -0.3 is 14.2 Å². The highest BCUT2D eigenvalue weighted by atomic mass is 16.7. The van der Waals surface area contributed by atoms with Crippen LogP contribution in [0.5, 0.6) is 0 Å². The van der Waals surface area contributed by atoms with Crippen molar-refractivity contribution in [3.8, 4) is 0 Å². The van der Waals surface area contributed by atoms with E-state index in [1.165, 1.54) is 0 Å². The van der Waals surface area contributed by atoms with Gasteiger partial charge >= 0.3 is 0 Å². The fourth-order valence-electron chi connectivity index (χ4n) is 0.732. The topological polar surface area (TPSA) is 27.7 Å². The zero-order valence-corrected chi connectivity index (χ0v) is 9.52. The molecule has 0 rings (SSSR count). The van der Waals surface area contributed by atoms with Gasteiger partial charge in [0.2, 0.25) is 0 Å². The largest absolute Gasteiger partial charge is 0.475 e. The van der Waals surface area contributed by atoms with Crippen LogP contribution in [0.1, 0.15) is 13.3 Å². The number of hydrogen-bond donors (Lipinski definition) is 0. The van der Waals surface area contributed by atoms with Crippen molar-refractivity contribution >= 4 is 0 Å². The molecule has 3 heteroatoms. The van der Waals surface area contributed by atoms with Crippen molar-refractivity contribution in [3.05, 3.63) is 36.6 Å². The molecular formula is C12H20O3. The molecule has 0 atom stereocenters. The summed E-state index contributed by atoms with van der Waals surface area (Å²) in [6.07, 6.45) is 12.4. The minimum absolute atomic E-state index is 0.262. The Balaban J connectivity index is 3.23. The van der Waals surface area contributed by atoms with Crippen LogP contribution < -0.4 is 0 Å². The minimum atomic E-state index is 0.262. The Morgan fingerprint density at radius 2 is 1.80 bits per heavy atom. The van der Waals surface area contributed by atoms with Gasteiger partial charge in [-0.3, -0.25) is 0 Å². The van der Waals surface area contributed by atoms with Crippen LogP contribution in [0.4, 0.5) is 0 Å². The lowest BCUT2D eigenvalue weighted by Crippen LogP contribution is -2.03. The maximum atomic E-state index is 5.08. The summed E-state index contributed by atoms with van der Waals surface area (Å²) < 4.78 is 14.9. The van der Waals surface area contributed by atoms with Crippen molar-refractivity contribution in [1.29, 1.82) is 0 Å². The average Bonchev–Trinajstić information content (AvgIpc) is 2.26. The van der Waals surface area contributed by atoms with Crippen molar-refractivity contribution in [2.75, 3.05) is 27.1 Å². The number of methoxy groups -OCH3 is 1. The molecule has 0 saturated heterocycles. The van der Waals surface area contributed by atoms with E-state index in [9.17, 15) is 0 Å². The summed E-state index contributed by atoms with van der Waals surface area (Å²) >= 11 is 0. The lowest BCUT2D eigenvalue weighted by Gasteiger charge is -2.01. The molecule has 0 aromatic carbocycles. The van der Waals surface area contributed by atoms with Crippen molar-refractivity contribution in [2.24, 2.45) is 0 Å². The first-order chi connectivity index (χ1) is 7.41. The van der Waals surface area contributed by atoms with E-state index in [4.69, 9.17) is 14.2 Å². The lowest BCUT2D eigenvalue weighted by molar-refractivity contribution is -0.0297. The molecule has 0 radical (unpaired) electrons. The predicted molar refractivity (Wildman–Crippen MR) is 61.5 cm³/mol. The highest BCUT2D eigenvalue weighted by Crippen LogP contribution is 1.85. The van der Waals surface area contributed by atoms with E-state index in [-0.39, 0.29) is 6.79 Å². The second-order valence-corrected chi connectivity index (χ2v) is 2.74. The Morgan fingerprint density at radius 3 is 2.53 bits per heavy atom. The molecular weight excluding hydrogens is 192 g/mol. The lowest BCUT2D eigenvalue weighted by atomic mass is 10.4. The predicted octanol–water partition coefficient (Wildman–Crippen LogP) is 2.66. The first-order valence-electron chi connectivity index (χ1n) is 5.08. The van der Waals surface area contributed by atoms with E-state index in [0.717, 1.165) is 6.42 Å². The normalized spacial score (nSPS) is 12.1. The third-order valence-corrected chi connectivity index (χ3v) is 1.46. The molecule has 0 saturated carbocycles. The van der Waals surface area contributed by atoms with Crippen LogP contribution in [-0.2, 0) is 14.2 Å². The van der Waals surface area contributed by atoms with Gasteiger partial charge in [-0.05, 0) is 12.5 Å². The van der Waals surface area contributed by atoms with Crippen LogP contribution in [0.3, 0.4) is 0 Å². The van der Waals surface area contributed by atoms with Crippen molar-refractivity contribution in [2.45, 2.75) is 13.3 Å². The van der Waals surface area contributed by atoms with Crippen LogP contribution >= 0.6 is 0 Å². The van der Waals surface area contributed by atoms with Crippen LogP contribution in [0.25, 0.3) is 0 Å². The van der Waals surface area contributed by atoms with Crippen LogP contribution in [0, 0.1) is 0 Å². The number of rotatable bonds is 9. The van der Waals surface area contributed by atoms with Gasteiger partial charge in [0.15, 0.2) is 6.79 Å². The Labute approximate surface area is 92.0 Å². The van der Waals surface area contributed by atoms with E-state index in [1.54, 1.807) is 13.4 Å². The van der Waals surface area contributed by atoms with Gasteiger partial charge in [0.25, 0.3) is 0 Å². The molecule has 0 bridgehead atoms. The van der Waals surface area contributed by atoms with Crippen molar-refractivity contribution < 1.29 is 14.2 Å². The van der Waals surface area contributed by atoms with Gasteiger partial charge in [0, 0.05) is 7.11 Å². The number of ether oxygens (including phenoxy) is 3. The monoisotopic (exact) mass is 212 g/mol. The maximum Gasteiger partial charge on any atom is 0.188 e.